The van der Waals surface area contributed by atoms with Gasteiger partial charge >= 0.3 is 0 Å². The number of aromatic nitrogens is 2. The van der Waals surface area contributed by atoms with Gasteiger partial charge in [0.05, 0.1) is 23.0 Å². The molecule has 0 N–H and O–H groups in total. The molecule has 3 rings (SSSR count). The molecule has 0 aliphatic carbocycles. The highest BCUT2D eigenvalue weighted by molar-refractivity contribution is 5.86. The Hall–Kier alpha value is -2.88. The highest BCUT2D eigenvalue weighted by Gasteiger charge is 2.14. The summed E-state index contributed by atoms with van der Waals surface area (Å²) in [6, 6.07) is 13.4. The van der Waals surface area contributed by atoms with Gasteiger partial charge in [-0.2, -0.15) is 5.10 Å². The van der Waals surface area contributed by atoms with E-state index in [2.05, 4.69) is 5.10 Å². The Morgan fingerprint density at radius 3 is 2.29 bits per heavy atom. The highest BCUT2D eigenvalue weighted by atomic mass is 16.4. The van der Waals surface area contributed by atoms with E-state index >= 15 is 0 Å². The Morgan fingerprint density at radius 1 is 0.917 bits per heavy atom. The second-order valence-corrected chi connectivity index (χ2v) is 6.20. The van der Waals surface area contributed by atoms with Gasteiger partial charge in [0.1, 0.15) is 0 Å². The molecule has 24 heavy (non-hydrogen) atoms. The molecule has 0 bridgehead atoms. The summed E-state index contributed by atoms with van der Waals surface area (Å²) in [7, 11) is 0. The van der Waals surface area contributed by atoms with Crippen LogP contribution in [0.1, 0.15) is 32.7 Å². The van der Waals surface area contributed by atoms with Crippen molar-refractivity contribution in [2.45, 2.75) is 27.7 Å². The first-order valence-corrected chi connectivity index (χ1v) is 7.83. The second kappa shape index (κ2) is 5.96. The first-order valence-electron chi connectivity index (χ1n) is 7.83. The molecule has 1 heterocycles. The number of aryl methyl sites for hydroxylation is 4. The molecule has 4 nitrogen and oxygen atoms in total. The summed E-state index contributed by atoms with van der Waals surface area (Å²) in [5, 5.41) is 16.1. The van der Waals surface area contributed by atoms with Crippen LogP contribution >= 0.6 is 0 Å². The standard InChI is InChI=1S/C20H20N2O2/c1-12-5-8-18(15(4)9-12)22-19(20(23)24)11-17(21-22)16-7-6-13(2)14(3)10-16/h5-11H,1-4H3,(H,23,24)/p-1. The van der Waals surface area contributed by atoms with Crippen molar-refractivity contribution < 1.29 is 9.90 Å². The van der Waals surface area contributed by atoms with E-state index in [-0.39, 0.29) is 5.69 Å². The van der Waals surface area contributed by atoms with E-state index in [1.807, 2.05) is 64.1 Å². The molecule has 0 aliphatic rings. The van der Waals surface area contributed by atoms with E-state index in [9.17, 15) is 9.90 Å². The van der Waals surface area contributed by atoms with E-state index in [1.165, 1.54) is 10.2 Å². The molecule has 0 spiro atoms. The summed E-state index contributed by atoms with van der Waals surface area (Å²) >= 11 is 0. The van der Waals surface area contributed by atoms with Crippen molar-refractivity contribution >= 4 is 5.97 Å². The minimum absolute atomic E-state index is 0.0511. The topological polar surface area (TPSA) is 58.0 Å². The summed E-state index contributed by atoms with van der Waals surface area (Å²) in [4.78, 5) is 11.6. The van der Waals surface area contributed by atoms with Crippen molar-refractivity contribution in [3.05, 3.63) is 70.4 Å². The summed E-state index contributed by atoms with van der Waals surface area (Å²) in [6.07, 6.45) is 0. The van der Waals surface area contributed by atoms with Gasteiger partial charge in [0.15, 0.2) is 0 Å². The third kappa shape index (κ3) is 2.83. The van der Waals surface area contributed by atoms with Crippen molar-refractivity contribution in [2.24, 2.45) is 0 Å². The molecular formula is C20H19N2O2-. The summed E-state index contributed by atoms with van der Waals surface area (Å²) < 4.78 is 1.45. The number of carboxylic acids is 1. The van der Waals surface area contributed by atoms with Crippen LogP contribution in [0, 0.1) is 27.7 Å². The predicted octanol–water partition coefficient (Wildman–Crippen LogP) is 3.14. The number of carbonyl (C=O) groups excluding carboxylic acids is 1. The number of aromatic carboxylic acids is 1. The molecule has 1 aromatic heterocycles. The second-order valence-electron chi connectivity index (χ2n) is 6.20. The molecular weight excluding hydrogens is 300 g/mol. The molecule has 3 aromatic rings. The van der Waals surface area contributed by atoms with Gasteiger partial charge in [0, 0.05) is 5.56 Å². The van der Waals surface area contributed by atoms with E-state index in [0.29, 0.717) is 5.69 Å². The fourth-order valence-corrected chi connectivity index (χ4v) is 2.79. The number of nitrogens with zero attached hydrogens (tertiary/aromatic N) is 2. The average molecular weight is 319 g/mol. The van der Waals surface area contributed by atoms with E-state index in [4.69, 9.17) is 0 Å². The van der Waals surface area contributed by atoms with Crippen LogP contribution in [0.25, 0.3) is 16.9 Å². The van der Waals surface area contributed by atoms with Crippen molar-refractivity contribution in [1.82, 2.24) is 9.78 Å². The van der Waals surface area contributed by atoms with Crippen LogP contribution < -0.4 is 5.11 Å². The maximum Gasteiger partial charge on any atom is 0.0934 e. The molecule has 2 aromatic carbocycles. The van der Waals surface area contributed by atoms with Crippen LogP contribution in [-0.2, 0) is 0 Å². The number of hydrogen-bond donors (Lipinski definition) is 0. The number of carbonyl (C=O) groups is 1. The monoisotopic (exact) mass is 319 g/mol. The van der Waals surface area contributed by atoms with Gasteiger partial charge < -0.3 is 9.90 Å². The van der Waals surface area contributed by atoms with Crippen LogP contribution in [0.2, 0.25) is 0 Å². The van der Waals surface area contributed by atoms with Gasteiger partial charge in [0.25, 0.3) is 0 Å². The zero-order chi connectivity index (χ0) is 17.4. The summed E-state index contributed by atoms with van der Waals surface area (Å²) in [5.74, 6) is -1.24. The van der Waals surface area contributed by atoms with E-state index in [1.54, 1.807) is 6.07 Å². The van der Waals surface area contributed by atoms with Crippen LogP contribution in [-0.4, -0.2) is 15.7 Å². The lowest BCUT2D eigenvalue weighted by atomic mass is 10.0. The van der Waals surface area contributed by atoms with Gasteiger partial charge in [0.2, 0.25) is 0 Å². The molecule has 0 radical (unpaired) electrons. The lowest BCUT2D eigenvalue weighted by Gasteiger charge is -2.11. The molecule has 0 aliphatic heterocycles. The molecule has 0 fully saturated rings. The summed E-state index contributed by atoms with van der Waals surface area (Å²) in [5.41, 5.74) is 6.72. The number of rotatable bonds is 3. The Morgan fingerprint density at radius 2 is 1.67 bits per heavy atom. The first kappa shape index (κ1) is 16.0. The van der Waals surface area contributed by atoms with Gasteiger partial charge in [-0.05, 0) is 62.6 Å². The van der Waals surface area contributed by atoms with Gasteiger partial charge in [-0.3, -0.25) is 0 Å². The highest BCUT2D eigenvalue weighted by Crippen LogP contribution is 2.25. The predicted molar refractivity (Wildman–Crippen MR) is 92.3 cm³/mol. The zero-order valence-corrected chi connectivity index (χ0v) is 14.3. The van der Waals surface area contributed by atoms with Crippen molar-refractivity contribution in [1.29, 1.82) is 0 Å². The fourth-order valence-electron chi connectivity index (χ4n) is 2.79. The van der Waals surface area contributed by atoms with Crippen molar-refractivity contribution in [3.63, 3.8) is 0 Å². The van der Waals surface area contributed by atoms with Crippen LogP contribution in [0.5, 0.6) is 0 Å². The van der Waals surface area contributed by atoms with E-state index in [0.717, 1.165) is 27.9 Å². The Labute approximate surface area is 141 Å². The number of carboxylic acid groups (broad SMARTS) is 1. The zero-order valence-electron chi connectivity index (χ0n) is 14.3. The molecule has 0 saturated carbocycles. The summed E-state index contributed by atoms with van der Waals surface area (Å²) in [6.45, 7) is 8.01. The average Bonchev–Trinajstić information content (AvgIpc) is 2.95. The van der Waals surface area contributed by atoms with Crippen molar-refractivity contribution in [2.75, 3.05) is 0 Å². The van der Waals surface area contributed by atoms with Crippen LogP contribution in [0.3, 0.4) is 0 Å². The number of benzene rings is 2. The molecule has 0 unspecified atom stereocenters. The third-order valence-corrected chi connectivity index (χ3v) is 4.30. The minimum Gasteiger partial charge on any atom is -0.543 e. The molecule has 4 heteroatoms. The SMILES string of the molecule is Cc1ccc(-n2nc(-c3ccc(C)c(C)c3)cc2C(=O)[O-])c(C)c1. The normalized spacial score (nSPS) is 10.8. The first-order chi connectivity index (χ1) is 11.4. The molecule has 0 atom stereocenters. The third-order valence-electron chi connectivity index (χ3n) is 4.30. The lowest BCUT2D eigenvalue weighted by molar-refractivity contribution is -0.255. The quantitative estimate of drug-likeness (QED) is 0.745. The Bertz CT molecular complexity index is 939. The maximum absolute atomic E-state index is 11.6. The Kier molecular flexibility index (Phi) is 3.97. The fraction of sp³-hybridized carbons (Fsp3) is 0.200. The number of hydrogen-bond acceptors (Lipinski definition) is 3. The smallest absolute Gasteiger partial charge is 0.0934 e. The van der Waals surface area contributed by atoms with Gasteiger partial charge in [-0.25, -0.2) is 4.68 Å². The Balaban J connectivity index is 2.18. The van der Waals surface area contributed by atoms with E-state index < -0.39 is 5.97 Å². The lowest BCUT2D eigenvalue weighted by Crippen LogP contribution is -2.25. The van der Waals surface area contributed by atoms with Crippen molar-refractivity contribution in [3.8, 4) is 16.9 Å². The maximum atomic E-state index is 11.6. The largest absolute Gasteiger partial charge is 0.543 e. The van der Waals surface area contributed by atoms with Gasteiger partial charge in [-0.15, -0.1) is 0 Å². The van der Waals surface area contributed by atoms with Crippen LogP contribution in [0.15, 0.2) is 42.5 Å². The molecule has 122 valence electrons. The van der Waals surface area contributed by atoms with Crippen LogP contribution in [0.4, 0.5) is 0 Å². The van der Waals surface area contributed by atoms with Gasteiger partial charge in [-0.1, -0.05) is 29.8 Å². The molecule has 0 saturated heterocycles. The minimum atomic E-state index is -1.24. The molecule has 0 amide bonds.